The van der Waals surface area contributed by atoms with E-state index in [-0.39, 0.29) is 0 Å². The number of hydrogen-bond donors (Lipinski definition) is 0. The van der Waals surface area contributed by atoms with Gasteiger partial charge in [-0.2, -0.15) is 0 Å². The second kappa shape index (κ2) is 9.16. The Labute approximate surface area is 188 Å². The fourth-order valence-corrected chi connectivity index (χ4v) is 6.08. The zero-order valence-electron chi connectivity index (χ0n) is 17.9. The maximum Gasteiger partial charge on any atom is 0.0128 e. The van der Waals surface area contributed by atoms with Gasteiger partial charge in [0.25, 0.3) is 0 Å². The lowest BCUT2D eigenvalue weighted by molar-refractivity contribution is 1.24. The van der Waals surface area contributed by atoms with Crippen LogP contribution >= 0.6 is 23.5 Å². The van der Waals surface area contributed by atoms with Crippen molar-refractivity contribution in [3.63, 3.8) is 0 Å². The van der Waals surface area contributed by atoms with Crippen LogP contribution in [-0.4, -0.2) is 0 Å². The molecule has 0 atom stereocenters. The SMILES string of the molecule is Cc1cc(Sc2ccccc2)cc(C)c1-c1c(C)cc(Sc2ccccc2)cc1C. The van der Waals surface area contributed by atoms with E-state index < -0.39 is 0 Å². The monoisotopic (exact) mass is 426 g/mol. The van der Waals surface area contributed by atoms with Crippen molar-refractivity contribution >= 4 is 23.5 Å². The van der Waals surface area contributed by atoms with Crippen LogP contribution in [0, 0.1) is 27.7 Å². The minimum absolute atomic E-state index is 1.28. The number of aryl methyl sites for hydroxylation is 4. The fraction of sp³-hybridized carbons (Fsp3) is 0.143. The molecule has 0 aliphatic rings. The second-order valence-electron chi connectivity index (χ2n) is 7.69. The smallest absolute Gasteiger partial charge is 0.0128 e. The van der Waals surface area contributed by atoms with Gasteiger partial charge in [-0.3, -0.25) is 0 Å². The normalized spacial score (nSPS) is 10.9. The Morgan fingerprint density at radius 2 is 0.700 bits per heavy atom. The highest BCUT2D eigenvalue weighted by atomic mass is 32.2. The maximum atomic E-state index is 2.32. The zero-order valence-corrected chi connectivity index (χ0v) is 19.5. The molecule has 0 bridgehead atoms. The summed E-state index contributed by atoms with van der Waals surface area (Å²) >= 11 is 3.66. The molecule has 0 aliphatic heterocycles. The third kappa shape index (κ3) is 4.66. The van der Waals surface area contributed by atoms with Gasteiger partial charge < -0.3 is 0 Å². The summed E-state index contributed by atoms with van der Waals surface area (Å²) in [6.45, 7) is 8.96. The third-order valence-electron chi connectivity index (χ3n) is 5.22. The molecule has 0 N–H and O–H groups in total. The highest BCUT2D eigenvalue weighted by Gasteiger charge is 2.14. The average Bonchev–Trinajstić information content (AvgIpc) is 2.71. The molecule has 2 heteroatoms. The molecule has 0 fully saturated rings. The molecule has 150 valence electrons. The van der Waals surface area contributed by atoms with Crippen molar-refractivity contribution in [1.82, 2.24) is 0 Å². The van der Waals surface area contributed by atoms with E-state index in [0.29, 0.717) is 0 Å². The Balaban J connectivity index is 1.68. The molecule has 30 heavy (non-hydrogen) atoms. The summed E-state index contributed by atoms with van der Waals surface area (Å²) in [5.41, 5.74) is 8.09. The molecule has 0 spiro atoms. The molecule has 0 nitrogen and oxygen atoms in total. The van der Waals surface area contributed by atoms with Gasteiger partial charge in [-0.15, -0.1) is 0 Å². The summed E-state index contributed by atoms with van der Waals surface area (Å²) in [4.78, 5) is 5.15. The first kappa shape index (κ1) is 20.8. The van der Waals surface area contributed by atoms with Crippen molar-refractivity contribution in [3.05, 3.63) is 107 Å². The van der Waals surface area contributed by atoms with E-state index >= 15 is 0 Å². The van der Waals surface area contributed by atoms with Gasteiger partial charge >= 0.3 is 0 Å². The van der Waals surface area contributed by atoms with Crippen LogP contribution in [0.5, 0.6) is 0 Å². The highest BCUT2D eigenvalue weighted by Crippen LogP contribution is 2.39. The summed E-state index contributed by atoms with van der Waals surface area (Å²) in [5.74, 6) is 0. The van der Waals surface area contributed by atoms with Crippen LogP contribution in [0.4, 0.5) is 0 Å². The summed E-state index contributed by atoms with van der Waals surface area (Å²) in [7, 11) is 0. The maximum absolute atomic E-state index is 2.32. The highest BCUT2D eigenvalue weighted by molar-refractivity contribution is 7.99. The van der Waals surface area contributed by atoms with E-state index in [0.717, 1.165) is 0 Å². The molecular formula is C28H26S2. The van der Waals surface area contributed by atoms with Gasteiger partial charge in [0.15, 0.2) is 0 Å². The molecule has 0 saturated carbocycles. The van der Waals surface area contributed by atoms with E-state index in [1.807, 2.05) is 23.5 Å². The first-order valence-electron chi connectivity index (χ1n) is 10.2. The lowest BCUT2D eigenvalue weighted by Gasteiger charge is -2.18. The lowest BCUT2D eigenvalue weighted by Crippen LogP contribution is -1.96. The van der Waals surface area contributed by atoms with Gasteiger partial charge in [0.05, 0.1) is 0 Å². The quantitative estimate of drug-likeness (QED) is 0.312. The molecule has 0 aromatic heterocycles. The van der Waals surface area contributed by atoms with E-state index in [9.17, 15) is 0 Å². The molecule has 0 saturated heterocycles. The van der Waals surface area contributed by atoms with Crippen LogP contribution in [0.15, 0.2) is 105 Å². The Morgan fingerprint density at radius 3 is 1.00 bits per heavy atom. The van der Waals surface area contributed by atoms with E-state index in [1.165, 1.54) is 53.0 Å². The van der Waals surface area contributed by atoms with Gasteiger partial charge in [0, 0.05) is 19.6 Å². The summed E-state index contributed by atoms with van der Waals surface area (Å²) < 4.78 is 0. The predicted molar refractivity (Wildman–Crippen MR) is 132 cm³/mol. The Kier molecular flexibility index (Phi) is 6.36. The predicted octanol–water partition coefficient (Wildman–Crippen LogP) is 8.89. The Bertz CT molecular complexity index is 1020. The number of benzene rings is 4. The minimum atomic E-state index is 1.28. The zero-order chi connectivity index (χ0) is 21.1. The first-order chi connectivity index (χ1) is 14.5. The molecule has 0 aliphatic carbocycles. The van der Waals surface area contributed by atoms with Crippen molar-refractivity contribution in [1.29, 1.82) is 0 Å². The summed E-state index contributed by atoms with van der Waals surface area (Å²) in [5, 5.41) is 0. The average molecular weight is 427 g/mol. The standard InChI is InChI=1S/C28H26S2/c1-19-15-25(29-23-11-7-5-8-12-23)16-20(2)27(19)28-21(3)17-26(18-22(28)4)30-24-13-9-6-10-14-24/h5-18H,1-4H3. The Morgan fingerprint density at radius 1 is 0.400 bits per heavy atom. The van der Waals surface area contributed by atoms with Crippen LogP contribution in [0.3, 0.4) is 0 Å². The molecule has 0 heterocycles. The van der Waals surface area contributed by atoms with Crippen LogP contribution in [0.1, 0.15) is 22.3 Å². The third-order valence-corrected chi connectivity index (χ3v) is 7.18. The molecule has 4 aromatic rings. The molecule has 0 amide bonds. The molecule has 4 aromatic carbocycles. The van der Waals surface area contributed by atoms with Gasteiger partial charge in [-0.1, -0.05) is 59.9 Å². The van der Waals surface area contributed by atoms with Crippen LogP contribution in [-0.2, 0) is 0 Å². The molecule has 4 rings (SSSR count). The summed E-state index contributed by atoms with van der Waals surface area (Å²) in [6.07, 6.45) is 0. The molecule has 0 radical (unpaired) electrons. The lowest BCUT2D eigenvalue weighted by atomic mass is 9.89. The van der Waals surface area contributed by atoms with Crippen LogP contribution in [0.25, 0.3) is 11.1 Å². The van der Waals surface area contributed by atoms with Gasteiger partial charge in [-0.25, -0.2) is 0 Å². The van der Waals surface area contributed by atoms with Gasteiger partial charge in [0.1, 0.15) is 0 Å². The van der Waals surface area contributed by atoms with E-state index in [1.54, 1.807) is 0 Å². The van der Waals surface area contributed by atoms with Crippen molar-refractivity contribution in [2.45, 2.75) is 47.3 Å². The Hall–Kier alpha value is -2.42. The van der Waals surface area contributed by atoms with Crippen molar-refractivity contribution in [2.75, 3.05) is 0 Å². The minimum Gasteiger partial charge on any atom is -0.0901 e. The van der Waals surface area contributed by atoms with Crippen molar-refractivity contribution < 1.29 is 0 Å². The van der Waals surface area contributed by atoms with Crippen molar-refractivity contribution in [2.24, 2.45) is 0 Å². The van der Waals surface area contributed by atoms with Crippen LogP contribution in [0.2, 0.25) is 0 Å². The largest absolute Gasteiger partial charge is 0.0901 e. The number of hydrogen-bond acceptors (Lipinski definition) is 2. The summed E-state index contributed by atoms with van der Waals surface area (Å²) in [6, 6.07) is 30.5. The van der Waals surface area contributed by atoms with E-state index in [4.69, 9.17) is 0 Å². The molecule has 0 unspecified atom stereocenters. The fourth-order valence-electron chi connectivity index (χ4n) is 4.00. The van der Waals surface area contributed by atoms with Crippen molar-refractivity contribution in [3.8, 4) is 11.1 Å². The topological polar surface area (TPSA) is 0 Å². The van der Waals surface area contributed by atoms with Gasteiger partial charge in [0.2, 0.25) is 0 Å². The second-order valence-corrected chi connectivity index (χ2v) is 9.99. The van der Waals surface area contributed by atoms with Crippen LogP contribution < -0.4 is 0 Å². The molecular weight excluding hydrogens is 400 g/mol. The van der Waals surface area contributed by atoms with E-state index in [2.05, 4.69) is 113 Å². The van der Waals surface area contributed by atoms with Gasteiger partial charge in [-0.05, 0) is 110 Å². The first-order valence-corrected chi connectivity index (χ1v) is 11.8. The number of rotatable bonds is 5.